The van der Waals surface area contributed by atoms with E-state index in [2.05, 4.69) is 24.1 Å². The molecule has 78 valence electrons. The SMILES string of the molecule is CCCN(CC)CCNCC(N)=O. The molecule has 0 saturated carbocycles. The Morgan fingerprint density at radius 2 is 2.08 bits per heavy atom. The molecule has 3 N–H and O–H groups in total. The lowest BCUT2D eigenvalue weighted by molar-refractivity contribution is -0.117. The Bertz CT molecular complexity index is 139. The van der Waals surface area contributed by atoms with Crippen LogP contribution in [-0.2, 0) is 4.79 Å². The van der Waals surface area contributed by atoms with Crippen LogP contribution in [0.4, 0.5) is 0 Å². The summed E-state index contributed by atoms with van der Waals surface area (Å²) < 4.78 is 0. The highest BCUT2D eigenvalue weighted by Gasteiger charge is 1.99. The van der Waals surface area contributed by atoms with E-state index in [0.717, 1.165) is 26.2 Å². The molecule has 0 atom stereocenters. The summed E-state index contributed by atoms with van der Waals surface area (Å²) in [6.07, 6.45) is 1.17. The fourth-order valence-electron chi connectivity index (χ4n) is 1.19. The zero-order valence-corrected chi connectivity index (χ0v) is 8.68. The second-order valence-electron chi connectivity index (χ2n) is 3.08. The Morgan fingerprint density at radius 1 is 1.38 bits per heavy atom. The molecule has 0 aliphatic rings. The topological polar surface area (TPSA) is 58.4 Å². The van der Waals surface area contributed by atoms with E-state index in [1.165, 1.54) is 6.42 Å². The van der Waals surface area contributed by atoms with Gasteiger partial charge in [-0.25, -0.2) is 0 Å². The third-order valence-corrected chi connectivity index (χ3v) is 1.89. The van der Waals surface area contributed by atoms with E-state index in [4.69, 9.17) is 5.73 Å². The van der Waals surface area contributed by atoms with Gasteiger partial charge in [-0.05, 0) is 19.5 Å². The lowest BCUT2D eigenvalue weighted by Crippen LogP contribution is -2.36. The van der Waals surface area contributed by atoms with Gasteiger partial charge in [0, 0.05) is 13.1 Å². The first-order valence-corrected chi connectivity index (χ1v) is 4.92. The summed E-state index contributed by atoms with van der Waals surface area (Å²) in [6, 6.07) is 0. The van der Waals surface area contributed by atoms with Crippen LogP contribution in [0.1, 0.15) is 20.3 Å². The van der Waals surface area contributed by atoms with Crippen molar-refractivity contribution in [1.82, 2.24) is 10.2 Å². The summed E-state index contributed by atoms with van der Waals surface area (Å²) in [7, 11) is 0. The number of carbonyl (C=O) groups excluding carboxylic acids is 1. The Morgan fingerprint density at radius 3 is 2.54 bits per heavy atom. The summed E-state index contributed by atoms with van der Waals surface area (Å²) in [6.45, 7) is 8.59. The number of likely N-dealkylation sites (N-methyl/N-ethyl adjacent to an activating group) is 1. The molecule has 0 unspecified atom stereocenters. The largest absolute Gasteiger partial charge is 0.369 e. The Kier molecular flexibility index (Phi) is 7.63. The van der Waals surface area contributed by atoms with Gasteiger partial charge in [0.15, 0.2) is 0 Å². The van der Waals surface area contributed by atoms with Gasteiger partial charge in [0.1, 0.15) is 0 Å². The molecular formula is C9H21N3O. The predicted molar refractivity (Wildman–Crippen MR) is 54.5 cm³/mol. The fourth-order valence-corrected chi connectivity index (χ4v) is 1.19. The number of nitrogens with two attached hydrogens (primary N) is 1. The lowest BCUT2D eigenvalue weighted by atomic mass is 10.4. The second-order valence-corrected chi connectivity index (χ2v) is 3.08. The van der Waals surface area contributed by atoms with Gasteiger partial charge in [-0.3, -0.25) is 4.79 Å². The van der Waals surface area contributed by atoms with Gasteiger partial charge in [0.05, 0.1) is 6.54 Å². The maximum Gasteiger partial charge on any atom is 0.231 e. The number of hydrogen-bond acceptors (Lipinski definition) is 3. The van der Waals surface area contributed by atoms with Crippen LogP contribution in [0.3, 0.4) is 0 Å². The molecular weight excluding hydrogens is 166 g/mol. The molecule has 0 saturated heterocycles. The highest BCUT2D eigenvalue weighted by Crippen LogP contribution is 1.88. The van der Waals surface area contributed by atoms with Crippen LogP contribution in [0.15, 0.2) is 0 Å². The second kappa shape index (κ2) is 8.01. The van der Waals surface area contributed by atoms with Crippen molar-refractivity contribution in [3.63, 3.8) is 0 Å². The van der Waals surface area contributed by atoms with Crippen LogP contribution >= 0.6 is 0 Å². The number of hydrogen-bond donors (Lipinski definition) is 2. The molecule has 0 aliphatic carbocycles. The highest BCUT2D eigenvalue weighted by molar-refractivity contribution is 5.75. The van der Waals surface area contributed by atoms with E-state index in [1.807, 2.05) is 0 Å². The predicted octanol–water partition coefficient (Wildman–Crippen LogP) is -0.207. The van der Waals surface area contributed by atoms with Crippen molar-refractivity contribution in [2.75, 3.05) is 32.7 Å². The molecule has 1 amide bonds. The summed E-state index contributed by atoms with van der Waals surface area (Å²) >= 11 is 0. The van der Waals surface area contributed by atoms with Gasteiger partial charge in [-0.15, -0.1) is 0 Å². The summed E-state index contributed by atoms with van der Waals surface area (Å²) in [5.74, 6) is -0.293. The number of carbonyl (C=O) groups is 1. The Hall–Kier alpha value is -0.610. The highest BCUT2D eigenvalue weighted by atomic mass is 16.1. The number of nitrogens with one attached hydrogen (secondary N) is 1. The zero-order valence-electron chi connectivity index (χ0n) is 8.68. The normalized spacial score (nSPS) is 10.7. The van der Waals surface area contributed by atoms with Crippen molar-refractivity contribution >= 4 is 5.91 Å². The quantitative estimate of drug-likeness (QED) is 0.517. The van der Waals surface area contributed by atoms with Gasteiger partial charge in [-0.2, -0.15) is 0 Å². The van der Waals surface area contributed by atoms with Gasteiger partial charge in [0.2, 0.25) is 5.91 Å². The van der Waals surface area contributed by atoms with Crippen molar-refractivity contribution in [1.29, 1.82) is 0 Å². The molecule has 0 spiro atoms. The van der Waals surface area contributed by atoms with Gasteiger partial charge < -0.3 is 16.0 Å². The molecule has 4 nitrogen and oxygen atoms in total. The van der Waals surface area contributed by atoms with Crippen LogP contribution in [0.25, 0.3) is 0 Å². The minimum atomic E-state index is -0.293. The van der Waals surface area contributed by atoms with E-state index in [9.17, 15) is 4.79 Å². The lowest BCUT2D eigenvalue weighted by Gasteiger charge is -2.19. The van der Waals surface area contributed by atoms with E-state index < -0.39 is 0 Å². The molecule has 0 radical (unpaired) electrons. The van der Waals surface area contributed by atoms with Crippen molar-refractivity contribution in [3.05, 3.63) is 0 Å². The van der Waals surface area contributed by atoms with Crippen LogP contribution in [0.2, 0.25) is 0 Å². The van der Waals surface area contributed by atoms with Crippen LogP contribution < -0.4 is 11.1 Å². The van der Waals surface area contributed by atoms with E-state index >= 15 is 0 Å². The van der Waals surface area contributed by atoms with E-state index in [0.29, 0.717) is 0 Å². The summed E-state index contributed by atoms with van der Waals surface area (Å²) in [5, 5.41) is 2.99. The number of primary amides is 1. The standard InChI is InChI=1S/C9H21N3O/c1-3-6-12(4-2)7-5-11-8-9(10)13/h11H,3-8H2,1-2H3,(H2,10,13). The maximum atomic E-state index is 10.4. The van der Waals surface area contributed by atoms with Crippen LogP contribution in [-0.4, -0.2) is 43.5 Å². The third kappa shape index (κ3) is 7.74. The number of rotatable bonds is 8. The molecule has 0 heterocycles. The van der Waals surface area contributed by atoms with Crippen LogP contribution in [0.5, 0.6) is 0 Å². The monoisotopic (exact) mass is 187 g/mol. The molecule has 0 aromatic heterocycles. The average molecular weight is 187 g/mol. The molecule has 0 bridgehead atoms. The summed E-state index contributed by atoms with van der Waals surface area (Å²) in [5.41, 5.74) is 4.99. The van der Waals surface area contributed by atoms with Crippen molar-refractivity contribution in [3.8, 4) is 0 Å². The van der Waals surface area contributed by atoms with Crippen molar-refractivity contribution < 1.29 is 4.79 Å². The number of amides is 1. The Balaban J connectivity index is 3.32. The number of nitrogens with zero attached hydrogens (tertiary/aromatic N) is 1. The molecule has 0 rings (SSSR count). The van der Waals surface area contributed by atoms with Gasteiger partial charge >= 0.3 is 0 Å². The average Bonchev–Trinajstić information content (AvgIpc) is 2.10. The molecule has 0 fully saturated rings. The smallest absolute Gasteiger partial charge is 0.231 e. The minimum absolute atomic E-state index is 0.281. The van der Waals surface area contributed by atoms with Crippen molar-refractivity contribution in [2.24, 2.45) is 5.73 Å². The first kappa shape index (κ1) is 12.4. The molecule has 13 heavy (non-hydrogen) atoms. The van der Waals surface area contributed by atoms with E-state index in [1.54, 1.807) is 0 Å². The van der Waals surface area contributed by atoms with Gasteiger partial charge in [0.25, 0.3) is 0 Å². The fraction of sp³-hybridized carbons (Fsp3) is 0.889. The molecule has 4 heteroatoms. The van der Waals surface area contributed by atoms with Crippen molar-refractivity contribution in [2.45, 2.75) is 20.3 Å². The first-order valence-electron chi connectivity index (χ1n) is 4.92. The van der Waals surface area contributed by atoms with E-state index in [-0.39, 0.29) is 12.5 Å². The molecule has 0 aliphatic heterocycles. The molecule has 0 aromatic rings. The maximum absolute atomic E-state index is 10.4. The first-order chi connectivity index (χ1) is 6.20. The van der Waals surface area contributed by atoms with Gasteiger partial charge in [-0.1, -0.05) is 13.8 Å². The summed E-state index contributed by atoms with van der Waals surface area (Å²) in [4.78, 5) is 12.7. The minimum Gasteiger partial charge on any atom is -0.369 e. The Labute approximate surface area is 80.5 Å². The molecule has 0 aromatic carbocycles. The van der Waals surface area contributed by atoms with Crippen LogP contribution in [0, 0.1) is 0 Å². The third-order valence-electron chi connectivity index (χ3n) is 1.89. The zero-order chi connectivity index (χ0) is 10.1.